The standard InChI is InChI=1S/C19H28N2O4S/c1-24-16-9-15(10-17(11-16)25-2)19(23)20-12-14-5-4-7-21(13-14)18(22)6-8-26-3/h9-11,14H,4-8,12-13H2,1-3H3,(H,20,23)/t14-/m0/s1. The Labute approximate surface area is 159 Å². The molecule has 7 heteroatoms. The van der Waals surface area contributed by atoms with Crippen molar-refractivity contribution >= 4 is 23.6 Å². The minimum absolute atomic E-state index is 0.159. The molecule has 1 fully saturated rings. The van der Waals surface area contributed by atoms with Crippen LogP contribution in [0.15, 0.2) is 18.2 Å². The molecule has 6 nitrogen and oxygen atoms in total. The maximum atomic E-state index is 12.5. The first-order valence-electron chi connectivity index (χ1n) is 8.85. The van der Waals surface area contributed by atoms with Gasteiger partial charge in [-0.1, -0.05) is 0 Å². The molecule has 1 atom stereocenters. The summed E-state index contributed by atoms with van der Waals surface area (Å²) in [6, 6.07) is 5.12. The van der Waals surface area contributed by atoms with Gasteiger partial charge >= 0.3 is 0 Å². The fourth-order valence-corrected chi connectivity index (χ4v) is 3.46. The van der Waals surface area contributed by atoms with Crippen LogP contribution in [0.2, 0.25) is 0 Å². The second-order valence-electron chi connectivity index (χ2n) is 6.40. The van der Waals surface area contributed by atoms with Crippen molar-refractivity contribution in [1.82, 2.24) is 10.2 Å². The second-order valence-corrected chi connectivity index (χ2v) is 7.39. The Kier molecular flexibility index (Phi) is 8.09. The van der Waals surface area contributed by atoms with E-state index in [0.29, 0.717) is 35.9 Å². The van der Waals surface area contributed by atoms with E-state index >= 15 is 0 Å². The Morgan fingerprint density at radius 1 is 1.23 bits per heavy atom. The first-order chi connectivity index (χ1) is 12.6. The zero-order chi connectivity index (χ0) is 18.9. The summed E-state index contributed by atoms with van der Waals surface area (Å²) in [6.07, 6.45) is 4.60. The lowest BCUT2D eigenvalue weighted by atomic mass is 9.97. The molecule has 0 radical (unpaired) electrons. The van der Waals surface area contributed by atoms with E-state index < -0.39 is 0 Å². The quantitative estimate of drug-likeness (QED) is 0.750. The number of thioether (sulfide) groups is 1. The topological polar surface area (TPSA) is 67.9 Å². The van der Waals surface area contributed by atoms with Gasteiger partial charge in [0, 0.05) is 43.4 Å². The van der Waals surface area contributed by atoms with Gasteiger partial charge in [-0.3, -0.25) is 9.59 Å². The van der Waals surface area contributed by atoms with Crippen molar-refractivity contribution < 1.29 is 19.1 Å². The molecule has 144 valence electrons. The molecular weight excluding hydrogens is 352 g/mol. The summed E-state index contributed by atoms with van der Waals surface area (Å²) in [5.41, 5.74) is 0.505. The van der Waals surface area contributed by atoms with Crippen LogP contribution in [-0.4, -0.2) is 62.6 Å². The largest absolute Gasteiger partial charge is 0.497 e. The number of carbonyl (C=O) groups is 2. The molecule has 0 aromatic heterocycles. The highest BCUT2D eigenvalue weighted by atomic mass is 32.2. The lowest BCUT2D eigenvalue weighted by molar-refractivity contribution is -0.132. The van der Waals surface area contributed by atoms with Crippen LogP contribution in [0.4, 0.5) is 0 Å². The molecule has 1 aliphatic rings. The van der Waals surface area contributed by atoms with Crippen LogP contribution in [0.25, 0.3) is 0 Å². The van der Waals surface area contributed by atoms with E-state index in [2.05, 4.69) is 5.32 Å². The van der Waals surface area contributed by atoms with Crippen LogP contribution in [0.5, 0.6) is 11.5 Å². The SMILES string of the molecule is COc1cc(OC)cc(C(=O)NC[C@@H]2CCCN(C(=O)CCSC)C2)c1. The molecule has 0 bridgehead atoms. The summed E-state index contributed by atoms with van der Waals surface area (Å²) in [7, 11) is 3.11. The third-order valence-electron chi connectivity index (χ3n) is 4.56. The van der Waals surface area contributed by atoms with Gasteiger partial charge in [0.25, 0.3) is 5.91 Å². The summed E-state index contributed by atoms with van der Waals surface area (Å²) < 4.78 is 10.4. The minimum Gasteiger partial charge on any atom is -0.497 e. The number of amides is 2. The molecule has 0 unspecified atom stereocenters. The van der Waals surface area contributed by atoms with Gasteiger partial charge in [0.15, 0.2) is 0 Å². The van der Waals surface area contributed by atoms with Crippen LogP contribution in [-0.2, 0) is 4.79 Å². The monoisotopic (exact) mass is 380 g/mol. The van der Waals surface area contributed by atoms with Gasteiger partial charge in [-0.25, -0.2) is 0 Å². The predicted octanol–water partition coefficient (Wildman–Crippen LogP) is 2.43. The van der Waals surface area contributed by atoms with Gasteiger partial charge in [0.1, 0.15) is 11.5 Å². The summed E-state index contributed by atoms with van der Waals surface area (Å²) in [4.78, 5) is 26.6. The molecule has 1 heterocycles. The first-order valence-corrected chi connectivity index (χ1v) is 10.2. The number of benzene rings is 1. The number of carbonyl (C=O) groups excluding carboxylic acids is 2. The Morgan fingerprint density at radius 2 is 1.92 bits per heavy atom. The summed E-state index contributed by atoms with van der Waals surface area (Å²) >= 11 is 1.69. The van der Waals surface area contributed by atoms with Gasteiger partial charge in [0.2, 0.25) is 5.91 Å². The van der Waals surface area contributed by atoms with E-state index in [1.165, 1.54) is 0 Å². The number of rotatable bonds is 8. The number of nitrogens with one attached hydrogen (secondary N) is 1. The van der Waals surface area contributed by atoms with Gasteiger partial charge in [0.05, 0.1) is 14.2 Å². The molecule has 1 aromatic carbocycles. The van der Waals surface area contributed by atoms with Crippen LogP contribution >= 0.6 is 11.8 Å². The van der Waals surface area contributed by atoms with Gasteiger partial charge in [-0.05, 0) is 37.1 Å². The third-order valence-corrected chi connectivity index (χ3v) is 5.17. The van der Waals surface area contributed by atoms with Crippen molar-refractivity contribution in [1.29, 1.82) is 0 Å². The van der Waals surface area contributed by atoms with E-state index in [0.717, 1.165) is 31.7 Å². The number of nitrogens with zero attached hydrogens (tertiary/aromatic N) is 1. The molecule has 2 rings (SSSR count). The fourth-order valence-electron chi connectivity index (χ4n) is 3.08. The van der Waals surface area contributed by atoms with Gasteiger partial charge < -0.3 is 19.7 Å². The van der Waals surface area contributed by atoms with E-state index in [9.17, 15) is 9.59 Å². The Bertz CT molecular complexity index is 601. The summed E-state index contributed by atoms with van der Waals surface area (Å²) in [5.74, 6) is 2.36. The molecule has 1 saturated heterocycles. The minimum atomic E-state index is -0.159. The predicted molar refractivity (Wildman–Crippen MR) is 104 cm³/mol. The first kappa shape index (κ1) is 20.4. The van der Waals surface area contributed by atoms with Crippen molar-refractivity contribution in [2.75, 3.05) is 45.9 Å². The third kappa shape index (κ3) is 5.83. The van der Waals surface area contributed by atoms with Crippen molar-refractivity contribution in [2.24, 2.45) is 5.92 Å². The molecule has 1 aliphatic heterocycles. The normalized spacial score (nSPS) is 16.9. The van der Waals surface area contributed by atoms with Crippen LogP contribution < -0.4 is 14.8 Å². The fraction of sp³-hybridized carbons (Fsp3) is 0.579. The van der Waals surface area contributed by atoms with E-state index in [4.69, 9.17) is 9.47 Å². The number of hydrogen-bond acceptors (Lipinski definition) is 5. The van der Waals surface area contributed by atoms with Gasteiger partial charge in [-0.2, -0.15) is 11.8 Å². The highest BCUT2D eigenvalue weighted by Gasteiger charge is 2.23. The van der Waals surface area contributed by atoms with E-state index in [-0.39, 0.29) is 11.8 Å². The Hall–Kier alpha value is -1.89. The van der Waals surface area contributed by atoms with E-state index in [1.54, 1.807) is 44.2 Å². The zero-order valence-corrected chi connectivity index (χ0v) is 16.6. The molecule has 0 saturated carbocycles. The molecular formula is C19H28N2O4S. The van der Waals surface area contributed by atoms with Crippen molar-refractivity contribution in [3.63, 3.8) is 0 Å². The average molecular weight is 381 g/mol. The second kappa shape index (κ2) is 10.3. The number of ether oxygens (including phenoxy) is 2. The molecule has 1 aromatic rings. The van der Waals surface area contributed by atoms with Crippen molar-refractivity contribution in [3.05, 3.63) is 23.8 Å². The van der Waals surface area contributed by atoms with Crippen molar-refractivity contribution in [2.45, 2.75) is 19.3 Å². The maximum Gasteiger partial charge on any atom is 0.251 e. The average Bonchev–Trinajstić information content (AvgIpc) is 2.69. The molecule has 0 spiro atoms. The lowest BCUT2D eigenvalue weighted by Crippen LogP contribution is -2.43. The van der Waals surface area contributed by atoms with Gasteiger partial charge in [-0.15, -0.1) is 0 Å². The number of likely N-dealkylation sites (tertiary alicyclic amines) is 1. The lowest BCUT2D eigenvalue weighted by Gasteiger charge is -2.33. The smallest absolute Gasteiger partial charge is 0.251 e. The van der Waals surface area contributed by atoms with Crippen LogP contribution in [0.1, 0.15) is 29.6 Å². The Morgan fingerprint density at radius 3 is 2.54 bits per heavy atom. The van der Waals surface area contributed by atoms with E-state index in [1.807, 2.05) is 11.2 Å². The number of hydrogen-bond donors (Lipinski definition) is 1. The summed E-state index contributed by atoms with van der Waals surface area (Å²) in [6.45, 7) is 2.10. The number of piperidine rings is 1. The summed E-state index contributed by atoms with van der Waals surface area (Å²) in [5, 5.41) is 2.98. The molecule has 26 heavy (non-hydrogen) atoms. The highest BCUT2D eigenvalue weighted by molar-refractivity contribution is 7.98. The van der Waals surface area contributed by atoms with Crippen LogP contribution in [0.3, 0.4) is 0 Å². The maximum absolute atomic E-state index is 12.5. The highest BCUT2D eigenvalue weighted by Crippen LogP contribution is 2.23. The molecule has 1 N–H and O–H groups in total. The zero-order valence-electron chi connectivity index (χ0n) is 15.7. The Balaban J connectivity index is 1.89. The van der Waals surface area contributed by atoms with Crippen LogP contribution in [0, 0.1) is 5.92 Å². The molecule has 0 aliphatic carbocycles. The molecule has 2 amide bonds. The van der Waals surface area contributed by atoms with Crippen molar-refractivity contribution in [3.8, 4) is 11.5 Å². The number of methoxy groups -OCH3 is 2.